The molecule has 0 saturated heterocycles. The Balaban J connectivity index is 1.81. The highest BCUT2D eigenvalue weighted by molar-refractivity contribution is 6.01. The Kier molecular flexibility index (Phi) is 0.992. The Morgan fingerprint density at radius 2 is 2.21 bits per heavy atom. The second-order valence-electron chi connectivity index (χ2n) is 5.39. The van der Waals surface area contributed by atoms with E-state index in [1.165, 1.54) is 0 Å². The first-order valence-corrected chi connectivity index (χ1v) is 5.48. The van der Waals surface area contributed by atoms with Crippen LogP contribution in [-0.4, -0.2) is 11.6 Å². The molecule has 0 N–H and O–H groups in total. The minimum absolute atomic E-state index is 0.105. The van der Waals surface area contributed by atoms with Crippen molar-refractivity contribution in [3.63, 3.8) is 0 Å². The van der Waals surface area contributed by atoms with Gasteiger partial charge in [0, 0.05) is 17.8 Å². The molecule has 0 heterocycles. The molecule has 1 spiro atoms. The van der Waals surface area contributed by atoms with Crippen molar-refractivity contribution in [2.45, 2.75) is 19.3 Å². The van der Waals surface area contributed by atoms with Crippen LogP contribution < -0.4 is 0 Å². The summed E-state index contributed by atoms with van der Waals surface area (Å²) in [5, 5.41) is 0. The van der Waals surface area contributed by atoms with Gasteiger partial charge in [0.2, 0.25) is 0 Å². The lowest BCUT2D eigenvalue weighted by Crippen LogP contribution is -2.27. The van der Waals surface area contributed by atoms with E-state index in [0.717, 1.165) is 19.3 Å². The van der Waals surface area contributed by atoms with Gasteiger partial charge in [-0.3, -0.25) is 9.59 Å². The van der Waals surface area contributed by atoms with Gasteiger partial charge in [-0.25, -0.2) is 0 Å². The van der Waals surface area contributed by atoms with E-state index in [1.54, 1.807) is 6.08 Å². The van der Waals surface area contributed by atoms with Gasteiger partial charge in [0.25, 0.3) is 0 Å². The Morgan fingerprint density at radius 1 is 1.36 bits per heavy atom. The minimum atomic E-state index is -0.105. The molecule has 0 bridgehead atoms. The van der Waals surface area contributed by atoms with Gasteiger partial charge in [0.05, 0.1) is 0 Å². The SMILES string of the molecule is O=C1C[C@H]2C[C@@]3(CC=CC3=O)C3C1[C@H]32. The number of allylic oxidation sites excluding steroid dienone is 2. The van der Waals surface area contributed by atoms with Gasteiger partial charge < -0.3 is 0 Å². The van der Waals surface area contributed by atoms with E-state index in [9.17, 15) is 9.59 Å². The second-order valence-corrected chi connectivity index (χ2v) is 5.39. The van der Waals surface area contributed by atoms with Crippen LogP contribution in [0.1, 0.15) is 19.3 Å². The molecule has 2 heteroatoms. The number of rotatable bonds is 0. The third kappa shape index (κ3) is 0.554. The Bertz CT molecular complexity index is 395. The second kappa shape index (κ2) is 1.88. The lowest BCUT2D eigenvalue weighted by atomic mass is 9.77. The number of ketones is 2. The molecular formula is C12H12O2. The van der Waals surface area contributed by atoms with E-state index < -0.39 is 0 Å². The molecule has 3 fully saturated rings. The van der Waals surface area contributed by atoms with Crippen LogP contribution in [-0.2, 0) is 9.59 Å². The van der Waals surface area contributed by atoms with E-state index in [-0.39, 0.29) is 11.3 Å². The zero-order valence-electron chi connectivity index (χ0n) is 7.90. The molecule has 3 saturated carbocycles. The fraction of sp³-hybridized carbons (Fsp3) is 0.667. The summed E-state index contributed by atoms with van der Waals surface area (Å²) >= 11 is 0. The van der Waals surface area contributed by atoms with Gasteiger partial charge in [-0.2, -0.15) is 0 Å². The molecule has 4 aliphatic rings. The van der Waals surface area contributed by atoms with Crippen molar-refractivity contribution in [2.24, 2.45) is 29.1 Å². The molecule has 0 amide bonds. The normalized spacial score (nSPS) is 57.4. The van der Waals surface area contributed by atoms with E-state index in [1.807, 2.05) is 6.08 Å². The third-order valence-electron chi connectivity index (χ3n) is 4.96. The average Bonchev–Trinajstić information content (AvgIpc) is 2.60. The smallest absolute Gasteiger partial charge is 0.162 e. The summed E-state index contributed by atoms with van der Waals surface area (Å²) in [4.78, 5) is 23.5. The maximum atomic E-state index is 11.9. The molecule has 72 valence electrons. The van der Waals surface area contributed by atoms with Crippen molar-refractivity contribution in [3.05, 3.63) is 12.2 Å². The first kappa shape index (κ1) is 7.38. The maximum Gasteiger partial charge on any atom is 0.162 e. The molecule has 0 aromatic rings. The van der Waals surface area contributed by atoms with Crippen LogP contribution in [0, 0.1) is 29.1 Å². The van der Waals surface area contributed by atoms with Crippen LogP contribution in [0.15, 0.2) is 12.2 Å². The van der Waals surface area contributed by atoms with Gasteiger partial charge in [-0.15, -0.1) is 0 Å². The lowest BCUT2D eigenvalue weighted by molar-refractivity contribution is -0.124. The number of hydrogen-bond donors (Lipinski definition) is 0. The fourth-order valence-corrected chi connectivity index (χ4v) is 4.52. The Hall–Kier alpha value is -0.920. The topological polar surface area (TPSA) is 34.1 Å². The molecule has 4 rings (SSSR count). The van der Waals surface area contributed by atoms with Crippen molar-refractivity contribution >= 4 is 11.6 Å². The number of fused-ring (bicyclic) bond motifs is 2. The zero-order valence-corrected chi connectivity index (χ0v) is 7.90. The molecule has 2 nitrogen and oxygen atoms in total. The number of carbonyl (C=O) groups is 2. The van der Waals surface area contributed by atoms with Crippen molar-refractivity contribution in [3.8, 4) is 0 Å². The largest absolute Gasteiger partial charge is 0.299 e. The molecule has 0 aromatic carbocycles. The molecular weight excluding hydrogens is 176 g/mol. The van der Waals surface area contributed by atoms with Gasteiger partial charge in [0.1, 0.15) is 5.78 Å². The molecule has 2 unspecified atom stereocenters. The number of Topliss-reactive ketones (excluding diaryl/α,β-unsaturated/α-hetero) is 1. The summed E-state index contributed by atoms with van der Waals surface area (Å²) < 4.78 is 0. The van der Waals surface area contributed by atoms with Crippen molar-refractivity contribution in [2.75, 3.05) is 0 Å². The highest BCUT2D eigenvalue weighted by Gasteiger charge is 2.76. The molecule has 0 aromatic heterocycles. The molecule has 5 atom stereocenters. The van der Waals surface area contributed by atoms with Crippen LogP contribution in [0.3, 0.4) is 0 Å². The minimum Gasteiger partial charge on any atom is -0.299 e. The van der Waals surface area contributed by atoms with Crippen LogP contribution >= 0.6 is 0 Å². The lowest BCUT2D eigenvalue weighted by Gasteiger charge is -2.23. The molecule has 14 heavy (non-hydrogen) atoms. The zero-order chi connectivity index (χ0) is 9.50. The third-order valence-corrected chi connectivity index (χ3v) is 4.96. The van der Waals surface area contributed by atoms with E-state index in [4.69, 9.17) is 0 Å². The molecule has 0 aliphatic heterocycles. The average molecular weight is 188 g/mol. The van der Waals surface area contributed by atoms with Crippen LogP contribution in [0.2, 0.25) is 0 Å². The Morgan fingerprint density at radius 3 is 2.79 bits per heavy atom. The predicted molar refractivity (Wildman–Crippen MR) is 49.4 cm³/mol. The summed E-state index contributed by atoms with van der Waals surface area (Å²) in [6.07, 6.45) is 6.42. The Labute approximate surface area is 82.4 Å². The van der Waals surface area contributed by atoms with Gasteiger partial charge in [-0.05, 0) is 36.7 Å². The van der Waals surface area contributed by atoms with E-state index >= 15 is 0 Å². The monoisotopic (exact) mass is 188 g/mol. The summed E-state index contributed by atoms with van der Waals surface area (Å²) in [5.41, 5.74) is -0.105. The summed E-state index contributed by atoms with van der Waals surface area (Å²) in [6, 6.07) is 0. The standard InChI is InChI=1S/C12H12O2/c13-7-4-6-5-12(3-1-2-8(12)14)11-9(6)10(7)11/h1-2,6,9-11H,3-5H2/t6-,9+,10?,11?,12+/m0/s1. The van der Waals surface area contributed by atoms with Crippen LogP contribution in [0.25, 0.3) is 0 Å². The van der Waals surface area contributed by atoms with Crippen LogP contribution in [0.4, 0.5) is 0 Å². The van der Waals surface area contributed by atoms with Crippen molar-refractivity contribution in [1.82, 2.24) is 0 Å². The number of hydrogen-bond acceptors (Lipinski definition) is 2. The van der Waals surface area contributed by atoms with E-state index in [0.29, 0.717) is 29.3 Å². The van der Waals surface area contributed by atoms with E-state index in [2.05, 4.69) is 0 Å². The van der Waals surface area contributed by atoms with Crippen molar-refractivity contribution < 1.29 is 9.59 Å². The summed E-state index contributed by atoms with van der Waals surface area (Å²) in [5.74, 6) is 2.65. The highest BCUT2D eigenvalue weighted by atomic mass is 16.1. The van der Waals surface area contributed by atoms with Gasteiger partial charge in [0.15, 0.2) is 5.78 Å². The van der Waals surface area contributed by atoms with Crippen LogP contribution in [0.5, 0.6) is 0 Å². The first-order chi connectivity index (χ1) is 6.74. The molecule has 0 radical (unpaired) electrons. The van der Waals surface area contributed by atoms with Gasteiger partial charge >= 0.3 is 0 Å². The first-order valence-electron chi connectivity index (χ1n) is 5.48. The van der Waals surface area contributed by atoms with Crippen molar-refractivity contribution in [1.29, 1.82) is 0 Å². The molecule has 4 aliphatic carbocycles. The highest BCUT2D eigenvalue weighted by Crippen LogP contribution is 2.75. The predicted octanol–water partition coefficient (Wildman–Crippen LogP) is 1.36. The maximum absolute atomic E-state index is 11.9. The summed E-state index contributed by atoms with van der Waals surface area (Å²) in [6.45, 7) is 0. The quantitative estimate of drug-likeness (QED) is 0.575. The fourth-order valence-electron chi connectivity index (χ4n) is 4.52. The summed E-state index contributed by atoms with van der Waals surface area (Å²) in [7, 11) is 0. The number of carbonyl (C=O) groups excluding carboxylic acids is 2. The van der Waals surface area contributed by atoms with Gasteiger partial charge in [-0.1, -0.05) is 6.08 Å².